The van der Waals surface area contributed by atoms with Crippen LogP contribution < -0.4 is 5.56 Å². The van der Waals surface area contributed by atoms with E-state index < -0.39 is 0 Å². The molecule has 1 aliphatic heterocycles. The Morgan fingerprint density at radius 1 is 1.39 bits per heavy atom. The van der Waals surface area contributed by atoms with Gasteiger partial charge in [-0.25, -0.2) is 4.98 Å². The zero-order valence-electron chi connectivity index (χ0n) is 9.55. The lowest BCUT2D eigenvalue weighted by Gasteiger charge is -2.02. The summed E-state index contributed by atoms with van der Waals surface area (Å²) in [5.74, 6) is 2.43. The molecule has 0 unspecified atom stereocenters. The Labute approximate surface area is 112 Å². The molecule has 0 atom stereocenters. The number of fused-ring (bicyclic) bond motifs is 1. The van der Waals surface area contributed by atoms with Crippen molar-refractivity contribution in [3.8, 4) is 0 Å². The van der Waals surface area contributed by atoms with E-state index in [2.05, 4.69) is 15.0 Å². The van der Waals surface area contributed by atoms with Gasteiger partial charge in [0.25, 0.3) is 5.56 Å². The number of benzene rings is 1. The van der Waals surface area contributed by atoms with E-state index in [0.29, 0.717) is 17.0 Å². The lowest BCUT2D eigenvalue weighted by molar-refractivity contribution is 1.04. The summed E-state index contributed by atoms with van der Waals surface area (Å²) in [7, 11) is 0. The second kappa shape index (κ2) is 5.16. The lowest BCUT2D eigenvalue weighted by atomic mass is 10.2. The second-order valence-electron chi connectivity index (χ2n) is 3.81. The summed E-state index contributed by atoms with van der Waals surface area (Å²) < 4.78 is 1.09. The first-order chi connectivity index (χ1) is 8.83. The smallest absolute Gasteiger partial charge is 0.258 e. The third-order valence-corrected chi connectivity index (χ3v) is 4.82. The minimum atomic E-state index is -0.0720. The summed E-state index contributed by atoms with van der Waals surface area (Å²) >= 11 is 3.40. The van der Waals surface area contributed by atoms with Crippen LogP contribution in [0, 0.1) is 0 Å². The monoisotopic (exact) mass is 277 g/mol. The molecule has 92 valence electrons. The highest BCUT2D eigenvalue weighted by atomic mass is 32.2. The maximum absolute atomic E-state index is 11.9. The van der Waals surface area contributed by atoms with E-state index in [1.165, 1.54) is 0 Å². The Hall–Kier alpha value is -1.27. The van der Waals surface area contributed by atoms with Crippen molar-refractivity contribution in [1.29, 1.82) is 0 Å². The molecule has 0 radical (unpaired) electrons. The minimum absolute atomic E-state index is 0.0720. The molecule has 4 nitrogen and oxygen atoms in total. The molecule has 0 bridgehead atoms. The Balaban J connectivity index is 1.86. The number of aromatic amines is 1. The quantitative estimate of drug-likeness (QED) is 0.914. The molecule has 2 aromatic rings. The second-order valence-corrected chi connectivity index (χ2v) is 6.12. The van der Waals surface area contributed by atoms with Crippen LogP contribution in [0.3, 0.4) is 0 Å². The predicted molar refractivity (Wildman–Crippen MR) is 78.4 cm³/mol. The average molecular weight is 277 g/mol. The van der Waals surface area contributed by atoms with Gasteiger partial charge in [0.05, 0.1) is 23.2 Å². The fourth-order valence-corrected chi connectivity index (χ4v) is 3.62. The van der Waals surface area contributed by atoms with Crippen LogP contribution in [-0.2, 0) is 5.75 Å². The number of aliphatic imine (C=N–C) groups is 1. The maximum Gasteiger partial charge on any atom is 0.258 e. The van der Waals surface area contributed by atoms with Gasteiger partial charge < -0.3 is 4.98 Å². The standard InChI is InChI=1S/C12H11N3OS2/c16-11-8-3-1-2-4-9(8)14-10(15-11)7-18-12-13-5-6-17-12/h1-4H,5-7H2,(H,14,15,16). The molecule has 0 saturated heterocycles. The Morgan fingerprint density at radius 3 is 3.11 bits per heavy atom. The van der Waals surface area contributed by atoms with Gasteiger partial charge in [0.2, 0.25) is 0 Å². The number of hydrogen-bond acceptors (Lipinski definition) is 5. The molecule has 1 aliphatic rings. The topological polar surface area (TPSA) is 58.1 Å². The van der Waals surface area contributed by atoms with Gasteiger partial charge in [0, 0.05) is 5.75 Å². The molecule has 0 spiro atoms. The number of nitrogens with one attached hydrogen (secondary N) is 1. The number of para-hydroxylation sites is 1. The molecule has 18 heavy (non-hydrogen) atoms. The molecule has 1 aromatic heterocycles. The van der Waals surface area contributed by atoms with Crippen LogP contribution in [0.25, 0.3) is 10.9 Å². The van der Waals surface area contributed by atoms with Crippen LogP contribution in [0.5, 0.6) is 0 Å². The van der Waals surface area contributed by atoms with Crippen molar-refractivity contribution in [3.63, 3.8) is 0 Å². The van der Waals surface area contributed by atoms with Gasteiger partial charge >= 0.3 is 0 Å². The predicted octanol–water partition coefficient (Wildman–Crippen LogP) is 2.26. The van der Waals surface area contributed by atoms with Crippen molar-refractivity contribution in [1.82, 2.24) is 9.97 Å². The number of thioether (sulfide) groups is 2. The summed E-state index contributed by atoms with van der Waals surface area (Å²) in [6.45, 7) is 0.897. The van der Waals surface area contributed by atoms with E-state index in [9.17, 15) is 4.79 Å². The number of hydrogen-bond donors (Lipinski definition) is 1. The molecule has 1 N–H and O–H groups in total. The normalized spacial score (nSPS) is 15.0. The fourth-order valence-electron chi connectivity index (χ4n) is 1.74. The highest BCUT2D eigenvalue weighted by Gasteiger charge is 2.09. The SMILES string of the molecule is O=c1[nH]c(CSC2=NCCS2)nc2ccccc12. The Morgan fingerprint density at radius 2 is 2.28 bits per heavy atom. The first-order valence-electron chi connectivity index (χ1n) is 5.61. The first kappa shape index (κ1) is 11.8. The van der Waals surface area contributed by atoms with Gasteiger partial charge in [-0.15, -0.1) is 0 Å². The number of nitrogens with zero attached hydrogens (tertiary/aromatic N) is 2. The third-order valence-electron chi connectivity index (χ3n) is 2.55. The van der Waals surface area contributed by atoms with Gasteiger partial charge in [-0.05, 0) is 12.1 Å². The maximum atomic E-state index is 11.9. The number of rotatable bonds is 2. The molecular weight excluding hydrogens is 266 g/mol. The summed E-state index contributed by atoms with van der Waals surface area (Å²) in [6.07, 6.45) is 0. The van der Waals surface area contributed by atoms with E-state index in [1.807, 2.05) is 18.2 Å². The van der Waals surface area contributed by atoms with Crippen LogP contribution in [0.2, 0.25) is 0 Å². The fraction of sp³-hybridized carbons (Fsp3) is 0.250. The first-order valence-corrected chi connectivity index (χ1v) is 7.58. The van der Waals surface area contributed by atoms with Crippen molar-refractivity contribution in [2.24, 2.45) is 4.99 Å². The Bertz CT molecular complexity index is 666. The molecule has 1 aromatic carbocycles. The van der Waals surface area contributed by atoms with Crippen LogP contribution in [-0.4, -0.2) is 26.6 Å². The van der Waals surface area contributed by atoms with Gasteiger partial charge in [0.1, 0.15) is 10.2 Å². The van der Waals surface area contributed by atoms with Crippen LogP contribution in [0.1, 0.15) is 5.82 Å². The molecule has 3 rings (SSSR count). The zero-order valence-corrected chi connectivity index (χ0v) is 11.2. The molecular formula is C12H11N3OS2. The molecule has 0 fully saturated rings. The van der Waals surface area contributed by atoms with Gasteiger partial charge in [-0.3, -0.25) is 9.79 Å². The molecule has 6 heteroatoms. The van der Waals surface area contributed by atoms with E-state index in [-0.39, 0.29) is 5.56 Å². The number of aromatic nitrogens is 2. The Kier molecular flexibility index (Phi) is 3.38. The van der Waals surface area contributed by atoms with E-state index in [0.717, 1.165) is 22.2 Å². The van der Waals surface area contributed by atoms with Crippen molar-refractivity contribution >= 4 is 38.8 Å². The van der Waals surface area contributed by atoms with Gasteiger partial charge in [0.15, 0.2) is 0 Å². The summed E-state index contributed by atoms with van der Waals surface area (Å²) in [5, 5.41) is 0.638. The average Bonchev–Trinajstić information content (AvgIpc) is 2.90. The van der Waals surface area contributed by atoms with E-state index in [1.54, 1.807) is 29.6 Å². The summed E-state index contributed by atoms with van der Waals surface area (Å²) in [5.41, 5.74) is 0.676. The highest BCUT2D eigenvalue weighted by molar-refractivity contribution is 8.38. The third kappa shape index (κ3) is 2.44. The minimum Gasteiger partial charge on any atom is -0.309 e. The number of H-pyrrole nitrogens is 1. The van der Waals surface area contributed by atoms with Crippen LogP contribution >= 0.6 is 23.5 Å². The largest absolute Gasteiger partial charge is 0.309 e. The van der Waals surface area contributed by atoms with E-state index in [4.69, 9.17) is 0 Å². The zero-order chi connectivity index (χ0) is 12.4. The van der Waals surface area contributed by atoms with Gasteiger partial charge in [-0.2, -0.15) is 0 Å². The van der Waals surface area contributed by atoms with Crippen molar-refractivity contribution in [2.75, 3.05) is 12.3 Å². The summed E-state index contributed by atoms with van der Waals surface area (Å²) in [4.78, 5) is 23.5. The molecule has 2 heterocycles. The van der Waals surface area contributed by atoms with Crippen molar-refractivity contribution in [3.05, 3.63) is 40.4 Å². The van der Waals surface area contributed by atoms with Crippen molar-refractivity contribution in [2.45, 2.75) is 5.75 Å². The van der Waals surface area contributed by atoms with E-state index >= 15 is 0 Å². The summed E-state index contributed by atoms with van der Waals surface area (Å²) in [6, 6.07) is 7.38. The highest BCUT2D eigenvalue weighted by Crippen LogP contribution is 2.24. The lowest BCUT2D eigenvalue weighted by Crippen LogP contribution is -2.11. The molecule has 0 amide bonds. The van der Waals surface area contributed by atoms with Gasteiger partial charge in [-0.1, -0.05) is 35.7 Å². The van der Waals surface area contributed by atoms with Crippen molar-refractivity contribution < 1.29 is 0 Å². The van der Waals surface area contributed by atoms with Crippen LogP contribution in [0.15, 0.2) is 34.1 Å². The van der Waals surface area contributed by atoms with Crippen LogP contribution in [0.4, 0.5) is 0 Å². The molecule has 0 aliphatic carbocycles. The molecule has 0 saturated carbocycles.